The van der Waals surface area contributed by atoms with Crippen LogP contribution in [0.25, 0.3) is 0 Å². The largest absolute Gasteiger partial charge is 0.445 e. The van der Waals surface area contributed by atoms with Crippen molar-refractivity contribution in [3.05, 3.63) is 90.0 Å². The van der Waals surface area contributed by atoms with E-state index in [1.807, 2.05) is 42.5 Å². The first-order chi connectivity index (χ1) is 26.8. The van der Waals surface area contributed by atoms with E-state index in [0.29, 0.717) is 17.7 Å². The van der Waals surface area contributed by atoms with Crippen molar-refractivity contribution < 1.29 is 37.9 Å². The van der Waals surface area contributed by atoms with Crippen LogP contribution >= 0.6 is 0 Å². The third kappa shape index (κ3) is 13.6. The summed E-state index contributed by atoms with van der Waals surface area (Å²) in [4.78, 5) is 63.6. The van der Waals surface area contributed by atoms with Crippen LogP contribution in [0.3, 0.4) is 0 Å². The van der Waals surface area contributed by atoms with Gasteiger partial charge in [0.05, 0.1) is 6.61 Å². The number of anilines is 1. The first-order valence-electron chi connectivity index (χ1n) is 19.1. The predicted octanol–water partition coefficient (Wildman–Crippen LogP) is 5.04. The SMILES string of the molecule is CNC(=O)OCc1cc(NC(=O)C(CCCNC(N)=O)NC(=O)C(NC(=O)OC(C)(C)C)C(C)C)ccc1CO[Si](c1ccccc1)(c1ccccc1)C(C)(C)C. The number of alkyl carbamates (subject to hydrolysis) is 2. The van der Waals surface area contributed by atoms with Crippen LogP contribution in [0.4, 0.5) is 20.1 Å². The van der Waals surface area contributed by atoms with E-state index in [2.05, 4.69) is 71.6 Å². The van der Waals surface area contributed by atoms with Gasteiger partial charge in [-0.2, -0.15) is 0 Å². The van der Waals surface area contributed by atoms with Gasteiger partial charge >= 0.3 is 18.2 Å². The summed E-state index contributed by atoms with van der Waals surface area (Å²) in [5, 5.41) is 15.2. The van der Waals surface area contributed by atoms with Gasteiger partial charge in [0.1, 0.15) is 24.3 Å². The van der Waals surface area contributed by atoms with E-state index in [-0.39, 0.29) is 37.1 Å². The van der Waals surface area contributed by atoms with Crippen molar-refractivity contribution in [2.45, 2.75) is 104 Å². The Kier molecular flexibility index (Phi) is 16.7. The first kappa shape index (κ1) is 46.0. The highest BCUT2D eigenvalue weighted by Gasteiger charge is 2.50. The fourth-order valence-corrected chi connectivity index (χ4v) is 10.9. The average Bonchev–Trinajstić information content (AvgIpc) is 3.14. The molecule has 0 saturated heterocycles. The molecule has 3 rings (SSSR count). The number of hydrogen-bond acceptors (Lipinski definition) is 8. The van der Waals surface area contributed by atoms with Gasteiger partial charge in [0.2, 0.25) is 11.8 Å². The normalized spacial score (nSPS) is 12.8. The molecule has 15 heteroatoms. The molecule has 0 aromatic heterocycles. The summed E-state index contributed by atoms with van der Waals surface area (Å²) in [5.41, 5.74) is 6.17. The van der Waals surface area contributed by atoms with Crippen molar-refractivity contribution in [1.82, 2.24) is 21.3 Å². The maximum atomic E-state index is 13.9. The van der Waals surface area contributed by atoms with Gasteiger partial charge in [-0.25, -0.2) is 14.4 Å². The summed E-state index contributed by atoms with van der Waals surface area (Å²) < 4.78 is 18.0. The number of ether oxygens (including phenoxy) is 2. The van der Waals surface area contributed by atoms with Gasteiger partial charge in [0.25, 0.3) is 8.32 Å². The van der Waals surface area contributed by atoms with Crippen LogP contribution in [0.1, 0.15) is 79.4 Å². The molecule has 57 heavy (non-hydrogen) atoms. The molecule has 3 aromatic rings. The Morgan fingerprint density at radius 3 is 1.86 bits per heavy atom. The minimum Gasteiger partial charge on any atom is -0.445 e. The molecule has 0 saturated carbocycles. The highest BCUT2D eigenvalue weighted by atomic mass is 28.4. The molecule has 7 N–H and O–H groups in total. The lowest BCUT2D eigenvalue weighted by atomic mass is 10.0. The van der Waals surface area contributed by atoms with Gasteiger partial charge < -0.3 is 46.2 Å². The number of hydrogen-bond donors (Lipinski definition) is 6. The van der Waals surface area contributed by atoms with Crippen molar-refractivity contribution in [1.29, 1.82) is 0 Å². The minimum atomic E-state index is -2.94. The van der Waals surface area contributed by atoms with Gasteiger partial charge in [0.15, 0.2) is 0 Å². The monoisotopic (exact) mass is 804 g/mol. The molecule has 14 nitrogen and oxygen atoms in total. The van der Waals surface area contributed by atoms with Gasteiger partial charge in [-0.05, 0) is 78.2 Å². The van der Waals surface area contributed by atoms with Crippen molar-refractivity contribution in [3.8, 4) is 0 Å². The number of primary amides is 1. The van der Waals surface area contributed by atoms with Gasteiger partial charge in [-0.15, -0.1) is 0 Å². The number of nitrogens with two attached hydrogens (primary N) is 1. The number of rotatable bonds is 17. The van der Waals surface area contributed by atoms with Gasteiger partial charge in [0, 0.05) is 19.3 Å². The zero-order chi connectivity index (χ0) is 42.4. The second kappa shape index (κ2) is 20.7. The van der Waals surface area contributed by atoms with Crippen molar-refractivity contribution in [2.24, 2.45) is 11.7 Å². The summed E-state index contributed by atoms with van der Waals surface area (Å²) in [6, 6.07) is 22.9. The van der Waals surface area contributed by atoms with Gasteiger partial charge in [-0.1, -0.05) is 101 Å². The summed E-state index contributed by atoms with van der Waals surface area (Å²) in [5.74, 6) is -1.48. The maximum absolute atomic E-state index is 13.9. The Hall–Kier alpha value is -5.41. The Balaban J connectivity index is 1.96. The van der Waals surface area contributed by atoms with E-state index in [4.69, 9.17) is 19.6 Å². The molecule has 2 unspecified atom stereocenters. The van der Waals surface area contributed by atoms with E-state index < -0.39 is 56.0 Å². The Morgan fingerprint density at radius 2 is 1.35 bits per heavy atom. The third-order valence-electron chi connectivity index (χ3n) is 9.12. The van der Waals surface area contributed by atoms with Crippen LogP contribution in [0, 0.1) is 5.92 Å². The average molecular weight is 805 g/mol. The van der Waals surface area contributed by atoms with E-state index in [1.54, 1.807) is 46.8 Å². The van der Waals surface area contributed by atoms with E-state index >= 15 is 0 Å². The lowest BCUT2D eigenvalue weighted by Gasteiger charge is -2.43. The summed E-state index contributed by atoms with van der Waals surface area (Å²) in [6.45, 7) is 15.4. The molecule has 0 spiro atoms. The molecule has 0 aliphatic rings. The molecular weight excluding hydrogens is 745 g/mol. The Labute approximate surface area is 337 Å². The van der Waals surface area contributed by atoms with Gasteiger partial charge in [-0.3, -0.25) is 9.59 Å². The number of carbonyl (C=O) groups is 5. The van der Waals surface area contributed by atoms with Crippen molar-refractivity contribution in [3.63, 3.8) is 0 Å². The topological polar surface area (TPSA) is 199 Å². The smallest absolute Gasteiger partial charge is 0.408 e. The predicted molar refractivity (Wildman–Crippen MR) is 223 cm³/mol. The fraction of sp³-hybridized carbons (Fsp3) is 0.452. The molecule has 0 heterocycles. The molecule has 0 fully saturated rings. The Morgan fingerprint density at radius 1 is 0.754 bits per heavy atom. The van der Waals surface area contributed by atoms with Crippen LogP contribution in [0.5, 0.6) is 0 Å². The molecule has 3 aromatic carbocycles. The molecular formula is C42H60N6O8Si. The summed E-state index contributed by atoms with van der Waals surface area (Å²) >= 11 is 0. The van der Waals surface area contributed by atoms with E-state index in [1.165, 1.54) is 7.05 Å². The van der Waals surface area contributed by atoms with Crippen LogP contribution < -0.4 is 42.7 Å². The first-order valence-corrected chi connectivity index (χ1v) is 21.0. The lowest BCUT2D eigenvalue weighted by molar-refractivity contribution is -0.128. The lowest BCUT2D eigenvalue weighted by Crippen LogP contribution is -2.66. The van der Waals surface area contributed by atoms with E-state index in [0.717, 1.165) is 15.9 Å². The summed E-state index contributed by atoms with van der Waals surface area (Å²) in [6.07, 6.45) is -0.966. The third-order valence-corrected chi connectivity index (χ3v) is 14.1. The van der Waals surface area contributed by atoms with Crippen molar-refractivity contribution in [2.75, 3.05) is 18.9 Å². The molecule has 0 radical (unpaired) electrons. The quantitative estimate of drug-likeness (QED) is 0.0806. The van der Waals surface area contributed by atoms with Crippen LogP contribution in [-0.2, 0) is 36.7 Å². The number of urea groups is 1. The summed E-state index contributed by atoms with van der Waals surface area (Å²) in [7, 11) is -1.47. The molecule has 0 bridgehead atoms. The highest BCUT2D eigenvalue weighted by molar-refractivity contribution is 6.99. The molecule has 2 atom stereocenters. The second-order valence-electron chi connectivity index (χ2n) is 16.1. The number of benzene rings is 3. The number of amides is 6. The standard InChI is InChI=1S/C42H60N6O8Si/c1-28(2)35(48-40(53)56-41(3,4)5)37(50)47-34(21-16-24-45-38(43)51)36(49)46-31-23-22-29(30(25-31)26-54-39(52)44-9)27-55-57(42(6,7)8,32-17-12-10-13-18-32)33-19-14-11-15-20-33/h10-15,17-20,22-23,25,28,34-35H,16,21,24,26-27H2,1-9H3,(H,44,52)(H,46,49)(H,47,50)(H,48,53)(H3,43,45,51). The Bertz CT molecular complexity index is 1770. The molecule has 0 aliphatic carbocycles. The highest BCUT2D eigenvalue weighted by Crippen LogP contribution is 2.37. The fourth-order valence-electron chi connectivity index (χ4n) is 6.39. The van der Waals surface area contributed by atoms with Crippen LogP contribution in [0.2, 0.25) is 5.04 Å². The maximum Gasteiger partial charge on any atom is 0.408 e. The molecule has 310 valence electrons. The zero-order valence-corrected chi connectivity index (χ0v) is 35.6. The second-order valence-corrected chi connectivity index (χ2v) is 20.4. The minimum absolute atomic E-state index is 0.117. The number of nitrogens with one attached hydrogen (secondary N) is 5. The van der Waals surface area contributed by atoms with Crippen LogP contribution in [0.15, 0.2) is 78.9 Å². The van der Waals surface area contributed by atoms with Crippen molar-refractivity contribution >= 4 is 54.4 Å². The number of carbonyl (C=O) groups excluding carboxylic acids is 5. The molecule has 6 amide bonds. The van der Waals surface area contributed by atoms with E-state index in [9.17, 15) is 24.0 Å². The molecule has 0 aliphatic heterocycles. The zero-order valence-electron chi connectivity index (χ0n) is 34.6. The van der Waals surface area contributed by atoms with Crippen LogP contribution in [-0.4, -0.2) is 69.6 Å².